The fourth-order valence-electron chi connectivity index (χ4n) is 2.41. The monoisotopic (exact) mass is 348 g/mol. The Morgan fingerprint density at radius 3 is 2.71 bits per heavy atom. The highest BCUT2D eigenvalue weighted by molar-refractivity contribution is 6.30. The summed E-state index contributed by atoms with van der Waals surface area (Å²) < 4.78 is 1.67. The van der Waals surface area contributed by atoms with Gasteiger partial charge in [-0.05, 0) is 39.0 Å². The van der Waals surface area contributed by atoms with Gasteiger partial charge in [0.15, 0.2) is 0 Å². The molecule has 0 aliphatic carbocycles. The van der Waals surface area contributed by atoms with Gasteiger partial charge in [0.05, 0.1) is 29.7 Å². The minimum Gasteiger partial charge on any atom is -0.355 e. The van der Waals surface area contributed by atoms with Gasteiger partial charge >= 0.3 is 0 Å². The van der Waals surface area contributed by atoms with Crippen molar-refractivity contribution in [2.75, 3.05) is 19.6 Å². The van der Waals surface area contributed by atoms with E-state index in [9.17, 15) is 9.59 Å². The van der Waals surface area contributed by atoms with Crippen LogP contribution < -0.4 is 5.32 Å². The molecule has 6 nitrogen and oxygen atoms in total. The number of rotatable bonds is 6. The standard InChI is InChI=1S/C17H21ClN4O2/c1-4-19-16(23)11-21(5-2)17(24)15-10-20-22(12(15)3)14-8-6-7-13(18)9-14/h6-10H,4-5,11H2,1-3H3,(H,19,23). The van der Waals surface area contributed by atoms with Crippen molar-refractivity contribution in [1.29, 1.82) is 0 Å². The second-order valence-corrected chi connectivity index (χ2v) is 5.74. The summed E-state index contributed by atoms with van der Waals surface area (Å²) in [5.41, 5.74) is 1.96. The fraction of sp³-hybridized carbons (Fsp3) is 0.353. The molecule has 0 fully saturated rings. The van der Waals surface area contributed by atoms with Crippen molar-refractivity contribution in [3.8, 4) is 5.69 Å². The number of carbonyl (C=O) groups excluding carboxylic acids is 2. The first-order valence-electron chi connectivity index (χ1n) is 7.84. The minimum absolute atomic E-state index is 0.0327. The number of aromatic nitrogens is 2. The van der Waals surface area contributed by atoms with E-state index < -0.39 is 0 Å². The van der Waals surface area contributed by atoms with Crippen LogP contribution in [-0.4, -0.2) is 46.1 Å². The molecular weight excluding hydrogens is 328 g/mol. The SMILES string of the molecule is CCNC(=O)CN(CC)C(=O)c1cnn(-c2cccc(Cl)c2)c1C. The lowest BCUT2D eigenvalue weighted by molar-refractivity contribution is -0.121. The lowest BCUT2D eigenvalue weighted by atomic mass is 10.2. The van der Waals surface area contributed by atoms with Crippen molar-refractivity contribution in [3.05, 3.63) is 46.7 Å². The van der Waals surface area contributed by atoms with Crippen LogP contribution in [0.2, 0.25) is 5.02 Å². The number of hydrogen-bond donors (Lipinski definition) is 1. The fourth-order valence-corrected chi connectivity index (χ4v) is 2.60. The third-order valence-electron chi connectivity index (χ3n) is 3.67. The van der Waals surface area contributed by atoms with Gasteiger partial charge in [-0.2, -0.15) is 5.10 Å². The third kappa shape index (κ3) is 3.94. The molecule has 1 aromatic carbocycles. The zero-order valence-electron chi connectivity index (χ0n) is 14.0. The number of halogens is 1. The first kappa shape index (κ1) is 18.0. The summed E-state index contributed by atoms with van der Waals surface area (Å²) in [5.74, 6) is -0.387. The maximum atomic E-state index is 12.7. The first-order chi connectivity index (χ1) is 11.5. The van der Waals surface area contributed by atoms with Crippen molar-refractivity contribution in [3.63, 3.8) is 0 Å². The number of benzene rings is 1. The molecule has 1 N–H and O–H groups in total. The van der Waals surface area contributed by atoms with E-state index in [1.807, 2.05) is 32.9 Å². The number of carbonyl (C=O) groups is 2. The molecule has 1 heterocycles. The Morgan fingerprint density at radius 1 is 1.33 bits per heavy atom. The highest BCUT2D eigenvalue weighted by Gasteiger charge is 2.22. The summed E-state index contributed by atoms with van der Waals surface area (Å²) in [6, 6.07) is 7.25. The molecule has 2 rings (SSSR count). The van der Waals surface area contributed by atoms with Gasteiger partial charge in [-0.1, -0.05) is 17.7 Å². The Kier molecular flexibility index (Phi) is 5.98. The van der Waals surface area contributed by atoms with Gasteiger partial charge in [0.1, 0.15) is 0 Å². The minimum atomic E-state index is -0.213. The Balaban J connectivity index is 2.25. The Morgan fingerprint density at radius 2 is 2.08 bits per heavy atom. The quantitative estimate of drug-likeness (QED) is 0.871. The Labute approximate surface area is 146 Å². The molecule has 0 saturated carbocycles. The molecular formula is C17H21ClN4O2. The number of amides is 2. The lowest BCUT2D eigenvalue weighted by Crippen LogP contribution is -2.40. The van der Waals surface area contributed by atoms with Crippen LogP contribution in [0, 0.1) is 6.92 Å². The van der Waals surface area contributed by atoms with Gasteiger partial charge in [0.25, 0.3) is 5.91 Å². The molecule has 7 heteroatoms. The van der Waals surface area contributed by atoms with Gasteiger partial charge in [-0.25, -0.2) is 4.68 Å². The maximum Gasteiger partial charge on any atom is 0.257 e. The van der Waals surface area contributed by atoms with Crippen molar-refractivity contribution in [2.24, 2.45) is 0 Å². The smallest absolute Gasteiger partial charge is 0.257 e. The first-order valence-corrected chi connectivity index (χ1v) is 8.22. The number of hydrogen-bond acceptors (Lipinski definition) is 3. The molecule has 0 saturated heterocycles. The second-order valence-electron chi connectivity index (χ2n) is 5.31. The normalized spacial score (nSPS) is 10.5. The molecule has 0 aliphatic heterocycles. The van der Waals surface area contributed by atoms with E-state index in [0.29, 0.717) is 29.4 Å². The van der Waals surface area contributed by atoms with Gasteiger partial charge in [-0.15, -0.1) is 0 Å². The lowest BCUT2D eigenvalue weighted by Gasteiger charge is -2.20. The van der Waals surface area contributed by atoms with Crippen LogP contribution in [0.1, 0.15) is 29.9 Å². The van der Waals surface area contributed by atoms with E-state index in [4.69, 9.17) is 11.6 Å². The molecule has 1 aromatic heterocycles. The largest absolute Gasteiger partial charge is 0.355 e. The van der Waals surface area contributed by atoms with Gasteiger partial charge in [0, 0.05) is 18.1 Å². The zero-order chi connectivity index (χ0) is 17.7. The topological polar surface area (TPSA) is 67.2 Å². The molecule has 0 aliphatic rings. The summed E-state index contributed by atoms with van der Waals surface area (Å²) >= 11 is 6.02. The molecule has 0 unspecified atom stereocenters. The van der Waals surface area contributed by atoms with Crippen LogP contribution in [-0.2, 0) is 4.79 Å². The Hall–Kier alpha value is -2.34. The highest BCUT2D eigenvalue weighted by atomic mass is 35.5. The van der Waals surface area contributed by atoms with Crippen molar-refractivity contribution >= 4 is 23.4 Å². The van der Waals surface area contributed by atoms with Gasteiger partial charge in [0.2, 0.25) is 5.91 Å². The van der Waals surface area contributed by atoms with Crippen LogP contribution in [0.5, 0.6) is 0 Å². The number of nitrogens with one attached hydrogen (secondary N) is 1. The van der Waals surface area contributed by atoms with Gasteiger partial charge < -0.3 is 10.2 Å². The predicted molar refractivity (Wildman–Crippen MR) is 93.6 cm³/mol. The number of likely N-dealkylation sites (N-methyl/N-ethyl adjacent to an activating group) is 2. The molecule has 2 amide bonds. The number of nitrogens with zero attached hydrogens (tertiary/aromatic N) is 3. The Bertz CT molecular complexity index is 742. The summed E-state index contributed by atoms with van der Waals surface area (Å²) in [7, 11) is 0. The van der Waals surface area contributed by atoms with Crippen LogP contribution in [0.3, 0.4) is 0 Å². The average Bonchev–Trinajstić information content (AvgIpc) is 2.94. The summed E-state index contributed by atoms with van der Waals surface area (Å²) in [5, 5.41) is 7.59. The summed E-state index contributed by atoms with van der Waals surface area (Å²) in [4.78, 5) is 26.0. The zero-order valence-corrected chi connectivity index (χ0v) is 14.8. The van der Waals surface area contributed by atoms with E-state index in [2.05, 4.69) is 10.4 Å². The van der Waals surface area contributed by atoms with Crippen molar-refractivity contribution in [2.45, 2.75) is 20.8 Å². The van der Waals surface area contributed by atoms with Crippen LogP contribution >= 0.6 is 11.6 Å². The molecule has 128 valence electrons. The second kappa shape index (κ2) is 7.97. The molecule has 0 atom stereocenters. The van der Waals surface area contributed by atoms with Gasteiger partial charge in [-0.3, -0.25) is 9.59 Å². The van der Waals surface area contributed by atoms with E-state index in [1.54, 1.807) is 16.8 Å². The van der Waals surface area contributed by atoms with E-state index >= 15 is 0 Å². The summed E-state index contributed by atoms with van der Waals surface area (Å²) in [6.45, 7) is 6.52. The molecule has 0 spiro atoms. The molecule has 2 aromatic rings. The maximum absolute atomic E-state index is 12.7. The van der Waals surface area contributed by atoms with E-state index in [-0.39, 0.29) is 18.4 Å². The molecule has 0 bridgehead atoms. The predicted octanol–water partition coefficient (Wildman–Crippen LogP) is 2.43. The van der Waals surface area contributed by atoms with Crippen LogP contribution in [0.4, 0.5) is 0 Å². The van der Waals surface area contributed by atoms with E-state index in [0.717, 1.165) is 5.69 Å². The van der Waals surface area contributed by atoms with Crippen molar-refractivity contribution in [1.82, 2.24) is 20.0 Å². The average molecular weight is 349 g/mol. The van der Waals surface area contributed by atoms with Crippen molar-refractivity contribution < 1.29 is 9.59 Å². The van der Waals surface area contributed by atoms with Crippen LogP contribution in [0.15, 0.2) is 30.5 Å². The van der Waals surface area contributed by atoms with Crippen LogP contribution in [0.25, 0.3) is 5.69 Å². The molecule has 24 heavy (non-hydrogen) atoms. The summed E-state index contributed by atoms with van der Waals surface area (Å²) in [6.07, 6.45) is 1.53. The third-order valence-corrected chi connectivity index (χ3v) is 3.91. The van der Waals surface area contributed by atoms with E-state index in [1.165, 1.54) is 11.1 Å². The highest BCUT2D eigenvalue weighted by Crippen LogP contribution is 2.19. The molecule has 0 radical (unpaired) electrons.